The Morgan fingerprint density at radius 2 is 1.96 bits per heavy atom. The summed E-state index contributed by atoms with van der Waals surface area (Å²) in [5.41, 5.74) is 1.81. The molecule has 0 saturated heterocycles. The van der Waals surface area contributed by atoms with Gasteiger partial charge in [0.2, 0.25) is 5.91 Å². The summed E-state index contributed by atoms with van der Waals surface area (Å²) in [5.74, 6) is 0.0356. The zero-order valence-electron chi connectivity index (χ0n) is 14.2. The molecular formula is C17H19BrN2O3S2. The summed E-state index contributed by atoms with van der Waals surface area (Å²) in [5, 5.41) is 0. The molecule has 5 nitrogen and oxygen atoms in total. The summed E-state index contributed by atoms with van der Waals surface area (Å²) in [7, 11) is -3.64. The van der Waals surface area contributed by atoms with Gasteiger partial charge < -0.3 is 4.90 Å². The van der Waals surface area contributed by atoms with E-state index in [1.54, 1.807) is 29.2 Å². The van der Waals surface area contributed by atoms with Crippen molar-refractivity contribution in [1.29, 1.82) is 0 Å². The molecule has 0 bridgehead atoms. The van der Waals surface area contributed by atoms with Gasteiger partial charge in [-0.1, -0.05) is 26.8 Å². The topological polar surface area (TPSA) is 66.5 Å². The fourth-order valence-electron chi connectivity index (χ4n) is 2.71. The van der Waals surface area contributed by atoms with Crippen LogP contribution in [0.2, 0.25) is 0 Å². The molecule has 1 N–H and O–H groups in total. The maximum absolute atomic E-state index is 12.6. The maximum Gasteiger partial charge on any atom is 0.271 e. The van der Waals surface area contributed by atoms with Crippen molar-refractivity contribution < 1.29 is 13.2 Å². The van der Waals surface area contributed by atoms with E-state index in [0.717, 1.165) is 32.8 Å². The summed E-state index contributed by atoms with van der Waals surface area (Å²) in [6, 6.07) is 8.62. The van der Waals surface area contributed by atoms with Gasteiger partial charge in [0.25, 0.3) is 10.0 Å². The Morgan fingerprint density at radius 3 is 2.56 bits per heavy atom. The van der Waals surface area contributed by atoms with Gasteiger partial charge in [-0.05, 0) is 52.2 Å². The first-order valence-corrected chi connectivity index (χ1v) is 10.9. The summed E-state index contributed by atoms with van der Waals surface area (Å²) < 4.78 is 28.6. The highest BCUT2D eigenvalue weighted by Crippen LogP contribution is 2.35. The van der Waals surface area contributed by atoms with Crippen LogP contribution in [0.25, 0.3) is 0 Å². The molecule has 8 heteroatoms. The minimum Gasteiger partial charge on any atom is -0.311 e. The third kappa shape index (κ3) is 3.75. The van der Waals surface area contributed by atoms with Gasteiger partial charge in [0, 0.05) is 17.6 Å². The van der Waals surface area contributed by atoms with Crippen LogP contribution in [0.3, 0.4) is 0 Å². The summed E-state index contributed by atoms with van der Waals surface area (Å²) in [6.07, 6.45) is 0.780. The van der Waals surface area contributed by atoms with Crippen LogP contribution in [-0.4, -0.2) is 20.9 Å². The number of nitrogens with zero attached hydrogens (tertiary/aromatic N) is 1. The largest absolute Gasteiger partial charge is 0.311 e. The van der Waals surface area contributed by atoms with Crippen LogP contribution < -0.4 is 9.62 Å². The molecule has 0 unspecified atom stereocenters. The van der Waals surface area contributed by atoms with E-state index in [0.29, 0.717) is 12.2 Å². The second-order valence-corrected chi connectivity index (χ2v) is 11.3. The number of carbonyl (C=O) groups is 1. The SMILES string of the molecule is CC(C)(C)C(=O)N1CCc2ccc(NS(=O)(=O)c3ccc(Br)s3)cc21. The molecule has 3 rings (SSSR count). The number of rotatable bonds is 3. The Hall–Kier alpha value is -1.38. The average molecular weight is 443 g/mol. The lowest BCUT2D eigenvalue weighted by molar-refractivity contribution is -0.125. The summed E-state index contributed by atoms with van der Waals surface area (Å²) in [6.45, 7) is 6.27. The summed E-state index contributed by atoms with van der Waals surface area (Å²) >= 11 is 4.42. The van der Waals surface area contributed by atoms with E-state index in [-0.39, 0.29) is 10.1 Å². The molecule has 0 saturated carbocycles. The van der Waals surface area contributed by atoms with Crippen molar-refractivity contribution in [1.82, 2.24) is 0 Å². The molecule has 2 aromatic rings. The van der Waals surface area contributed by atoms with Gasteiger partial charge in [0.1, 0.15) is 4.21 Å². The van der Waals surface area contributed by atoms with Gasteiger partial charge in [-0.25, -0.2) is 8.42 Å². The fourth-order valence-corrected chi connectivity index (χ4v) is 5.77. The van der Waals surface area contributed by atoms with E-state index in [2.05, 4.69) is 20.7 Å². The van der Waals surface area contributed by atoms with Crippen molar-refractivity contribution in [2.75, 3.05) is 16.2 Å². The number of anilines is 2. The van der Waals surface area contributed by atoms with Crippen LogP contribution in [-0.2, 0) is 21.2 Å². The smallest absolute Gasteiger partial charge is 0.271 e. The Bertz CT molecular complexity index is 930. The van der Waals surface area contributed by atoms with Crippen LogP contribution in [0.4, 0.5) is 11.4 Å². The number of halogens is 1. The van der Waals surface area contributed by atoms with E-state index in [1.165, 1.54) is 0 Å². The molecule has 0 radical (unpaired) electrons. The lowest BCUT2D eigenvalue weighted by Gasteiger charge is -2.26. The van der Waals surface area contributed by atoms with Gasteiger partial charge in [-0.2, -0.15) is 0 Å². The van der Waals surface area contributed by atoms with E-state index in [9.17, 15) is 13.2 Å². The fraction of sp³-hybridized carbons (Fsp3) is 0.353. The van der Waals surface area contributed by atoms with Crippen molar-refractivity contribution in [3.8, 4) is 0 Å². The van der Waals surface area contributed by atoms with Crippen molar-refractivity contribution in [3.63, 3.8) is 0 Å². The second-order valence-electron chi connectivity index (χ2n) is 6.96. The van der Waals surface area contributed by atoms with Gasteiger partial charge >= 0.3 is 0 Å². The van der Waals surface area contributed by atoms with Crippen LogP contribution in [0.15, 0.2) is 38.3 Å². The van der Waals surface area contributed by atoms with Crippen LogP contribution in [0, 0.1) is 5.41 Å². The highest BCUT2D eigenvalue weighted by molar-refractivity contribution is 9.11. The van der Waals surface area contributed by atoms with E-state index in [1.807, 2.05) is 26.8 Å². The number of fused-ring (bicyclic) bond motifs is 1. The molecule has 25 heavy (non-hydrogen) atoms. The molecule has 1 amide bonds. The monoisotopic (exact) mass is 442 g/mol. The number of benzene rings is 1. The minimum absolute atomic E-state index is 0.0356. The van der Waals surface area contributed by atoms with Crippen molar-refractivity contribution in [3.05, 3.63) is 39.7 Å². The van der Waals surface area contributed by atoms with Gasteiger partial charge in [-0.15, -0.1) is 11.3 Å². The van der Waals surface area contributed by atoms with Gasteiger partial charge in [0.05, 0.1) is 9.47 Å². The number of thiophene rings is 1. The molecular weight excluding hydrogens is 424 g/mol. The Kier molecular flexibility index (Phi) is 4.72. The number of carbonyl (C=O) groups excluding carboxylic acids is 1. The third-order valence-electron chi connectivity index (χ3n) is 3.93. The molecule has 134 valence electrons. The Morgan fingerprint density at radius 1 is 1.24 bits per heavy atom. The first-order valence-electron chi connectivity index (χ1n) is 7.81. The van der Waals surface area contributed by atoms with Crippen molar-refractivity contribution in [2.45, 2.75) is 31.4 Å². The minimum atomic E-state index is -3.64. The molecule has 1 aromatic carbocycles. The first-order chi connectivity index (χ1) is 11.6. The third-order valence-corrected chi connectivity index (χ3v) is 7.43. The normalized spacial score (nSPS) is 14.5. The summed E-state index contributed by atoms with van der Waals surface area (Å²) in [4.78, 5) is 14.4. The molecule has 0 fully saturated rings. The molecule has 1 aromatic heterocycles. The van der Waals surface area contributed by atoms with Crippen molar-refractivity contribution in [2.24, 2.45) is 5.41 Å². The average Bonchev–Trinajstić information content (AvgIpc) is 3.11. The van der Waals surface area contributed by atoms with Gasteiger partial charge in [-0.3, -0.25) is 9.52 Å². The predicted octanol–water partition coefficient (Wildman–Crippen LogP) is 4.25. The molecule has 2 heterocycles. The Labute approximate surface area is 160 Å². The first kappa shape index (κ1) is 18.4. The number of hydrogen-bond acceptors (Lipinski definition) is 4. The molecule has 1 aliphatic heterocycles. The van der Waals surface area contributed by atoms with Gasteiger partial charge in [0.15, 0.2) is 0 Å². The highest BCUT2D eigenvalue weighted by Gasteiger charge is 2.32. The number of amides is 1. The number of hydrogen-bond donors (Lipinski definition) is 1. The molecule has 1 aliphatic rings. The van der Waals surface area contributed by atoms with E-state index >= 15 is 0 Å². The highest BCUT2D eigenvalue weighted by atomic mass is 79.9. The molecule has 0 aliphatic carbocycles. The quantitative estimate of drug-likeness (QED) is 0.772. The number of nitrogens with one attached hydrogen (secondary N) is 1. The second kappa shape index (κ2) is 6.41. The zero-order chi connectivity index (χ0) is 18.4. The lowest BCUT2D eigenvalue weighted by atomic mass is 9.94. The standard InChI is InChI=1S/C17H19BrN2O3S2/c1-17(2,3)16(21)20-9-8-11-4-5-12(10-13(11)20)19-25(22,23)15-7-6-14(18)24-15/h4-7,10,19H,8-9H2,1-3H3. The number of sulfonamides is 1. The van der Waals surface area contributed by atoms with Crippen LogP contribution in [0.5, 0.6) is 0 Å². The van der Waals surface area contributed by atoms with Crippen molar-refractivity contribution >= 4 is 54.6 Å². The van der Waals surface area contributed by atoms with E-state index in [4.69, 9.17) is 0 Å². The predicted molar refractivity (Wildman–Crippen MR) is 105 cm³/mol. The Balaban J connectivity index is 1.90. The molecule has 0 atom stereocenters. The molecule has 0 spiro atoms. The lowest BCUT2D eigenvalue weighted by Crippen LogP contribution is -2.38. The van der Waals surface area contributed by atoms with Crippen LogP contribution in [0.1, 0.15) is 26.3 Å². The van der Waals surface area contributed by atoms with E-state index < -0.39 is 15.4 Å². The maximum atomic E-state index is 12.6. The van der Waals surface area contributed by atoms with Crippen LogP contribution >= 0.6 is 27.3 Å². The zero-order valence-corrected chi connectivity index (χ0v) is 17.4.